The molecule has 0 atom stereocenters. The van der Waals surface area contributed by atoms with Crippen molar-refractivity contribution in [3.05, 3.63) is 94.2 Å². The molecule has 0 saturated heterocycles. The highest BCUT2D eigenvalue weighted by Crippen LogP contribution is 2.30. The summed E-state index contributed by atoms with van der Waals surface area (Å²) in [7, 11) is 1.80. The maximum absolute atomic E-state index is 12.7. The van der Waals surface area contributed by atoms with Gasteiger partial charge in [-0.25, -0.2) is 4.98 Å². The SMILES string of the molecule is CN(Cc1cnn(Cc2ccccc2)c1)C(=O)Cc1csc(-c2ccccc2Cl)n1. The van der Waals surface area contributed by atoms with Crippen LogP contribution in [0.15, 0.2) is 72.4 Å². The highest BCUT2D eigenvalue weighted by atomic mass is 35.5. The molecule has 0 radical (unpaired) electrons. The molecule has 2 heterocycles. The zero-order valence-electron chi connectivity index (χ0n) is 16.5. The number of carbonyl (C=O) groups excluding carboxylic acids is 1. The summed E-state index contributed by atoms with van der Waals surface area (Å²) in [5.74, 6) is 0.0156. The molecule has 0 fully saturated rings. The molecular weight excluding hydrogens is 416 g/mol. The van der Waals surface area contributed by atoms with Gasteiger partial charge in [-0.05, 0) is 11.6 Å². The lowest BCUT2D eigenvalue weighted by Crippen LogP contribution is -2.27. The van der Waals surface area contributed by atoms with E-state index in [0.717, 1.165) is 21.8 Å². The minimum Gasteiger partial charge on any atom is -0.341 e. The standard InChI is InChI=1S/C23H21ClN4OS/c1-27(13-18-12-25-28(15-18)14-17-7-3-2-4-8-17)22(29)11-19-16-30-23(26-19)20-9-5-6-10-21(20)24/h2-10,12,15-16H,11,13-14H2,1H3. The van der Waals surface area contributed by atoms with E-state index < -0.39 is 0 Å². The first-order valence-corrected chi connectivity index (χ1v) is 10.8. The van der Waals surface area contributed by atoms with Crippen LogP contribution in [-0.4, -0.2) is 32.6 Å². The summed E-state index contributed by atoms with van der Waals surface area (Å²) in [6, 6.07) is 17.8. The molecule has 2 aromatic heterocycles. The maximum Gasteiger partial charge on any atom is 0.228 e. The Hall–Kier alpha value is -2.96. The molecule has 4 rings (SSSR count). The van der Waals surface area contributed by atoms with Crippen molar-refractivity contribution in [2.24, 2.45) is 0 Å². The first kappa shape index (κ1) is 20.3. The number of aromatic nitrogens is 3. The Bertz CT molecular complexity index is 1140. The Morgan fingerprint density at radius 2 is 1.87 bits per heavy atom. The molecule has 2 aromatic carbocycles. The van der Waals surface area contributed by atoms with E-state index >= 15 is 0 Å². The van der Waals surface area contributed by atoms with Gasteiger partial charge in [0, 0.05) is 36.3 Å². The predicted molar refractivity (Wildman–Crippen MR) is 121 cm³/mol. The molecule has 0 unspecified atom stereocenters. The molecule has 7 heteroatoms. The highest BCUT2D eigenvalue weighted by Gasteiger charge is 2.15. The second kappa shape index (κ2) is 9.24. The van der Waals surface area contributed by atoms with Crippen LogP contribution in [-0.2, 0) is 24.3 Å². The molecule has 30 heavy (non-hydrogen) atoms. The Morgan fingerprint density at radius 3 is 2.67 bits per heavy atom. The fourth-order valence-corrected chi connectivity index (χ4v) is 4.28. The highest BCUT2D eigenvalue weighted by molar-refractivity contribution is 7.13. The fraction of sp³-hybridized carbons (Fsp3) is 0.174. The predicted octanol–water partition coefficient (Wildman–Crippen LogP) is 4.91. The third kappa shape index (κ3) is 4.96. The number of amides is 1. The Kier molecular flexibility index (Phi) is 6.26. The average molecular weight is 437 g/mol. The van der Waals surface area contributed by atoms with Crippen LogP contribution in [0.4, 0.5) is 0 Å². The summed E-state index contributed by atoms with van der Waals surface area (Å²) < 4.78 is 1.89. The smallest absolute Gasteiger partial charge is 0.228 e. The fourth-order valence-electron chi connectivity index (χ4n) is 3.14. The molecule has 0 aliphatic heterocycles. The number of hydrogen-bond acceptors (Lipinski definition) is 4. The Labute approximate surface area is 184 Å². The normalized spacial score (nSPS) is 10.9. The second-order valence-corrected chi connectivity index (χ2v) is 8.35. The Balaban J connectivity index is 1.35. The molecule has 0 saturated carbocycles. The van der Waals surface area contributed by atoms with Crippen LogP contribution in [0.5, 0.6) is 0 Å². The first-order chi connectivity index (χ1) is 14.6. The first-order valence-electron chi connectivity index (χ1n) is 9.57. The van der Waals surface area contributed by atoms with Crippen molar-refractivity contribution in [3.8, 4) is 10.6 Å². The largest absolute Gasteiger partial charge is 0.341 e. The summed E-state index contributed by atoms with van der Waals surface area (Å²) in [4.78, 5) is 19.0. The number of thiazole rings is 1. The van der Waals surface area contributed by atoms with Crippen molar-refractivity contribution in [1.29, 1.82) is 0 Å². The van der Waals surface area contributed by atoms with E-state index in [1.807, 2.05) is 64.9 Å². The monoisotopic (exact) mass is 436 g/mol. The number of carbonyl (C=O) groups is 1. The van der Waals surface area contributed by atoms with E-state index in [1.165, 1.54) is 16.9 Å². The molecule has 152 valence electrons. The minimum atomic E-state index is 0.0156. The van der Waals surface area contributed by atoms with Gasteiger partial charge in [-0.15, -0.1) is 11.3 Å². The average Bonchev–Trinajstić information content (AvgIpc) is 3.38. The van der Waals surface area contributed by atoms with Crippen molar-refractivity contribution in [3.63, 3.8) is 0 Å². The third-order valence-electron chi connectivity index (χ3n) is 4.71. The van der Waals surface area contributed by atoms with Gasteiger partial charge in [-0.2, -0.15) is 5.10 Å². The van der Waals surface area contributed by atoms with Gasteiger partial charge in [0.15, 0.2) is 0 Å². The molecule has 4 aromatic rings. The second-order valence-electron chi connectivity index (χ2n) is 7.08. The zero-order valence-corrected chi connectivity index (χ0v) is 18.1. The van der Waals surface area contributed by atoms with Gasteiger partial charge >= 0.3 is 0 Å². The minimum absolute atomic E-state index is 0.0156. The van der Waals surface area contributed by atoms with E-state index in [-0.39, 0.29) is 12.3 Å². The zero-order chi connectivity index (χ0) is 20.9. The van der Waals surface area contributed by atoms with Crippen molar-refractivity contribution in [2.75, 3.05) is 7.05 Å². The van der Waals surface area contributed by atoms with Gasteiger partial charge in [0.25, 0.3) is 0 Å². The van der Waals surface area contributed by atoms with Crippen LogP contribution in [0.25, 0.3) is 10.6 Å². The van der Waals surface area contributed by atoms with Crippen LogP contribution in [0.2, 0.25) is 5.02 Å². The lowest BCUT2D eigenvalue weighted by atomic mass is 10.2. The quantitative estimate of drug-likeness (QED) is 0.413. The molecule has 0 spiro atoms. The van der Waals surface area contributed by atoms with Crippen LogP contribution < -0.4 is 0 Å². The molecular formula is C23H21ClN4OS. The number of nitrogens with zero attached hydrogens (tertiary/aromatic N) is 4. The van der Waals surface area contributed by atoms with Crippen molar-refractivity contribution in [1.82, 2.24) is 19.7 Å². The van der Waals surface area contributed by atoms with Gasteiger partial charge in [-0.1, -0.05) is 60.1 Å². The summed E-state index contributed by atoms with van der Waals surface area (Å²) in [5, 5.41) is 7.82. The van der Waals surface area contributed by atoms with Gasteiger partial charge in [0.2, 0.25) is 5.91 Å². The van der Waals surface area contributed by atoms with E-state index in [2.05, 4.69) is 22.2 Å². The molecule has 0 N–H and O–H groups in total. The van der Waals surface area contributed by atoms with Crippen LogP contribution in [0.3, 0.4) is 0 Å². The third-order valence-corrected chi connectivity index (χ3v) is 5.96. The van der Waals surface area contributed by atoms with Crippen molar-refractivity contribution in [2.45, 2.75) is 19.5 Å². The van der Waals surface area contributed by atoms with Gasteiger partial charge in [0.05, 0.1) is 29.9 Å². The topological polar surface area (TPSA) is 51.0 Å². The number of rotatable bonds is 7. The maximum atomic E-state index is 12.7. The summed E-state index contributed by atoms with van der Waals surface area (Å²) >= 11 is 7.75. The lowest BCUT2D eigenvalue weighted by Gasteiger charge is -2.15. The van der Waals surface area contributed by atoms with E-state index in [0.29, 0.717) is 18.1 Å². The van der Waals surface area contributed by atoms with Crippen LogP contribution >= 0.6 is 22.9 Å². The summed E-state index contributed by atoms with van der Waals surface area (Å²) in [6.07, 6.45) is 4.05. The number of likely N-dealkylation sites (N-methyl/N-ethyl adjacent to an activating group) is 1. The number of halogens is 1. The number of hydrogen-bond donors (Lipinski definition) is 0. The molecule has 1 amide bonds. The van der Waals surface area contributed by atoms with Crippen LogP contribution in [0, 0.1) is 0 Å². The molecule has 0 bridgehead atoms. The Morgan fingerprint density at radius 1 is 1.10 bits per heavy atom. The van der Waals surface area contributed by atoms with Gasteiger partial charge in [-0.3, -0.25) is 9.48 Å². The van der Waals surface area contributed by atoms with Gasteiger partial charge < -0.3 is 4.90 Å². The van der Waals surface area contributed by atoms with Crippen molar-refractivity contribution < 1.29 is 4.79 Å². The summed E-state index contributed by atoms with van der Waals surface area (Å²) in [6.45, 7) is 1.22. The molecule has 5 nitrogen and oxygen atoms in total. The van der Waals surface area contributed by atoms with E-state index in [1.54, 1.807) is 11.9 Å². The lowest BCUT2D eigenvalue weighted by molar-refractivity contribution is -0.129. The van der Waals surface area contributed by atoms with E-state index in [9.17, 15) is 4.79 Å². The number of benzene rings is 2. The van der Waals surface area contributed by atoms with E-state index in [4.69, 9.17) is 11.6 Å². The molecule has 0 aliphatic rings. The summed E-state index contributed by atoms with van der Waals surface area (Å²) in [5.41, 5.74) is 3.83. The van der Waals surface area contributed by atoms with Crippen LogP contribution in [0.1, 0.15) is 16.8 Å². The van der Waals surface area contributed by atoms with Gasteiger partial charge in [0.1, 0.15) is 5.01 Å². The van der Waals surface area contributed by atoms with Crippen molar-refractivity contribution >= 4 is 28.8 Å². The molecule has 0 aliphatic carbocycles.